The molecule has 4 heteroatoms. The van der Waals surface area contributed by atoms with E-state index in [4.69, 9.17) is 0 Å². The van der Waals surface area contributed by atoms with Gasteiger partial charge in [-0.3, -0.25) is 9.59 Å². The van der Waals surface area contributed by atoms with E-state index in [9.17, 15) is 9.59 Å². The fraction of sp³-hybridized carbons (Fsp3) is 0.438. The van der Waals surface area contributed by atoms with E-state index in [1.807, 2.05) is 0 Å². The topological polar surface area (TPSA) is 58.2 Å². The number of benzene rings is 2. The average Bonchev–Trinajstić information content (AvgIpc) is 3.23. The first kappa shape index (κ1) is 27.4. The molecule has 0 radical (unpaired) electrons. The Morgan fingerprint density at radius 3 is 2.08 bits per heavy atom. The van der Waals surface area contributed by atoms with Gasteiger partial charge in [-0.2, -0.15) is 0 Å². The van der Waals surface area contributed by atoms with Gasteiger partial charge in [-0.05, 0) is 90.0 Å². The molecule has 2 aromatic carbocycles. The Balaban J connectivity index is 0.000000201. The Labute approximate surface area is 217 Å². The van der Waals surface area contributed by atoms with E-state index in [1.54, 1.807) is 13.8 Å². The van der Waals surface area contributed by atoms with Crippen molar-refractivity contribution in [3.8, 4) is 0 Å². The van der Waals surface area contributed by atoms with Crippen LogP contribution in [0.15, 0.2) is 47.5 Å². The molecule has 0 aliphatic heterocycles. The maximum absolute atomic E-state index is 11.3. The monoisotopic (exact) mass is 486 g/mol. The standard InChI is InChI=1S/2C16H21NO/c2*1-10(2)7-13-5-6-14-8-11(3)16(15(14)9-13)17-12(4)18/h5-6,9-10H,7-8H2,1-4H3,(H,17,18);5-6,8-10,16H,7H2,1-4H3,(H,17,18). The summed E-state index contributed by atoms with van der Waals surface area (Å²) in [5, 5.41) is 5.99. The van der Waals surface area contributed by atoms with Crippen LogP contribution >= 0.6 is 0 Å². The molecule has 0 aromatic heterocycles. The Morgan fingerprint density at radius 1 is 0.889 bits per heavy atom. The van der Waals surface area contributed by atoms with Gasteiger partial charge in [0.1, 0.15) is 0 Å². The maximum atomic E-state index is 11.3. The quantitative estimate of drug-likeness (QED) is 0.472. The lowest BCUT2D eigenvalue weighted by molar-refractivity contribution is -0.119. The average molecular weight is 487 g/mol. The predicted molar refractivity (Wildman–Crippen MR) is 150 cm³/mol. The molecule has 192 valence electrons. The van der Waals surface area contributed by atoms with Crippen molar-refractivity contribution in [2.75, 3.05) is 0 Å². The lowest BCUT2D eigenvalue weighted by Crippen LogP contribution is -2.25. The fourth-order valence-electron chi connectivity index (χ4n) is 5.14. The van der Waals surface area contributed by atoms with Gasteiger partial charge in [-0.1, -0.05) is 64.1 Å². The molecule has 0 fully saturated rings. The van der Waals surface area contributed by atoms with Gasteiger partial charge in [-0.25, -0.2) is 0 Å². The Kier molecular flexibility index (Phi) is 8.94. The van der Waals surface area contributed by atoms with Crippen LogP contribution in [0, 0.1) is 11.8 Å². The van der Waals surface area contributed by atoms with Crippen molar-refractivity contribution >= 4 is 23.6 Å². The van der Waals surface area contributed by atoms with E-state index in [-0.39, 0.29) is 17.9 Å². The van der Waals surface area contributed by atoms with Crippen molar-refractivity contribution in [2.45, 2.75) is 80.7 Å². The Morgan fingerprint density at radius 2 is 1.50 bits per heavy atom. The van der Waals surface area contributed by atoms with E-state index in [2.05, 4.69) is 94.7 Å². The van der Waals surface area contributed by atoms with Crippen LogP contribution in [0.25, 0.3) is 11.8 Å². The van der Waals surface area contributed by atoms with Gasteiger partial charge in [0.15, 0.2) is 0 Å². The van der Waals surface area contributed by atoms with Crippen molar-refractivity contribution < 1.29 is 9.59 Å². The first-order chi connectivity index (χ1) is 16.9. The van der Waals surface area contributed by atoms with E-state index in [0.29, 0.717) is 11.8 Å². The second kappa shape index (κ2) is 11.7. The van der Waals surface area contributed by atoms with Gasteiger partial charge >= 0.3 is 0 Å². The largest absolute Gasteiger partial charge is 0.346 e. The minimum absolute atomic E-state index is 0.00598. The van der Waals surface area contributed by atoms with Crippen LogP contribution in [-0.2, 0) is 28.9 Å². The lowest BCUT2D eigenvalue weighted by atomic mass is 9.97. The molecule has 0 spiro atoms. The highest BCUT2D eigenvalue weighted by Crippen LogP contribution is 2.35. The molecule has 2 aromatic rings. The van der Waals surface area contributed by atoms with Gasteiger partial charge in [0.2, 0.25) is 11.8 Å². The summed E-state index contributed by atoms with van der Waals surface area (Å²) < 4.78 is 0. The van der Waals surface area contributed by atoms with Crippen molar-refractivity contribution in [2.24, 2.45) is 11.8 Å². The third kappa shape index (κ3) is 6.96. The molecular weight excluding hydrogens is 444 g/mol. The Hall–Kier alpha value is -3.14. The number of fused-ring (bicyclic) bond motifs is 2. The van der Waals surface area contributed by atoms with Crippen LogP contribution in [-0.4, -0.2) is 11.8 Å². The van der Waals surface area contributed by atoms with Gasteiger partial charge in [0.25, 0.3) is 0 Å². The number of amides is 2. The molecule has 2 amide bonds. The van der Waals surface area contributed by atoms with Crippen LogP contribution in [0.1, 0.15) is 94.8 Å². The molecular formula is C32H42N2O2. The molecule has 2 aliphatic rings. The summed E-state index contributed by atoms with van der Waals surface area (Å²) >= 11 is 0. The van der Waals surface area contributed by atoms with Crippen molar-refractivity contribution in [1.29, 1.82) is 0 Å². The summed E-state index contributed by atoms with van der Waals surface area (Å²) in [5.41, 5.74) is 11.2. The zero-order chi connectivity index (χ0) is 26.6. The summed E-state index contributed by atoms with van der Waals surface area (Å²) in [6.07, 6.45) is 5.28. The first-order valence-corrected chi connectivity index (χ1v) is 13.1. The zero-order valence-electron chi connectivity index (χ0n) is 23.2. The SMILES string of the molecule is CC(=O)NC1=C(C)Cc2ccc(CC(C)C)cc21.CC(=O)NC1C(C)=Cc2ccc(CC(C)C)cc21. The van der Waals surface area contributed by atoms with Crippen LogP contribution in [0.2, 0.25) is 0 Å². The van der Waals surface area contributed by atoms with Crippen LogP contribution in [0.3, 0.4) is 0 Å². The van der Waals surface area contributed by atoms with E-state index < -0.39 is 0 Å². The van der Waals surface area contributed by atoms with Crippen LogP contribution in [0.4, 0.5) is 0 Å². The molecule has 2 N–H and O–H groups in total. The zero-order valence-corrected chi connectivity index (χ0v) is 23.2. The third-order valence-electron chi connectivity index (χ3n) is 6.56. The van der Waals surface area contributed by atoms with E-state index in [1.165, 1.54) is 44.5 Å². The molecule has 36 heavy (non-hydrogen) atoms. The molecule has 1 unspecified atom stereocenters. The molecule has 1 atom stereocenters. The first-order valence-electron chi connectivity index (χ1n) is 13.1. The predicted octanol–water partition coefficient (Wildman–Crippen LogP) is 6.79. The van der Waals surface area contributed by atoms with Gasteiger partial charge in [-0.15, -0.1) is 0 Å². The molecule has 0 heterocycles. The van der Waals surface area contributed by atoms with E-state index in [0.717, 1.165) is 25.0 Å². The van der Waals surface area contributed by atoms with Crippen molar-refractivity contribution in [3.05, 3.63) is 80.9 Å². The highest BCUT2D eigenvalue weighted by molar-refractivity contribution is 5.88. The minimum Gasteiger partial charge on any atom is -0.346 e. The molecule has 4 nitrogen and oxygen atoms in total. The fourth-order valence-corrected chi connectivity index (χ4v) is 5.14. The number of allylic oxidation sites excluding steroid dienone is 1. The normalized spacial score (nSPS) is 15.8. The summed E-state index contributed by atoms with van der Waals surface area (Å²) in [6.45, 7) is 16.2. The van der Waals surface area contributed by atoms with Gasteiger partial charge in [0.05, 0.1) is 6.04 Å². The Bertz CT molecular complexity index is 1200. The number of hydrogen-bond acceptors (Lipinski definition) is 2. The van der Waals surface area contributed by atoms with Crippen molar-refractivity contribution in [1.82, 2.24) is 10.6 Å². The van der Waals surface area contributed by atoms with Gasteiger partial charge < -0.3 is 10.6 Å². The van der Waals surface area contributed by atoms with E-state index >= 15 is 0 Å². The number of nitrogens with one attached hydrogen (secondary N) is 2. The highest BCUT2D eigenvalue weighted by atomic mass is 16.2. The summed E-state index contributed by atoms with van der Waals surface area (Å²) in [4.78, 5) is 22.6. The number of carbonyl (C=O) groups is 2. The van der Waals surface area contributed by atoms with Crippen LogP contribution in [0.5, 0.6) is 0 Å². The molecule has 0 saturated carbocycles. The van der Waals surface area contributed by atoms with Crippen molar-refractivity contribution in [3.63, 3.8) is 0 Å². The van der Waals surface area contributed by atoms with Crippen LogP contribution < -0.4 is 10.6 Å². The minimum atomic E-state index is 0.00598. The molecule has 4 rings (SSSR count). The van der Waals surface area contributed by atoms with Gasteiger partial charge in [0, 0.05) is 25.1 Å². The molecule has 0 bridgehead atoms. The molecule has 0 saturated heterocycles. The second-order valence-corrected chi connectivity index (χ2v) is 11.2. The summed E-state index contributed by atoms with van der Waals surface area (Å²) in [7, 11) is 0. The summed E-state index contributed by atoms with van der Waals surface area (Å²) in [6, 6.07) is 13.3. The third-order valence-corrected chi connectivity index (χ3v) is 6.56. The molecule has 2 aliphatic carbocycles. The summed E-state index contributed by atoms with van der Waals surface area (Å²) in [5.74, 6) is 1.33. The smallest absolute Gasteiger partial charge is 0.221 e. The number of rotatable bonds is 6. The lowest BCUT2D eigenvalue weighted by Gasteiger charge is -2.16. The number of hydrogen-bond donors (Lipinski definition) is 2. The maximum Gasteiger partial charge on any atom is 0.221 e. The number of carbonyl (C=O) groups excluding carboxylic acids is 2. The highest BCUT2D eigenvalue weighted by Gasteiger charge is 2.23. The second-order valence-electron chi connectivity index (χ2n) is 11.2.